The Bertz CT molecular complexity index is 893. The van der Waals surface area contributed by atoms with E-state index < -0.39 is 0 Å². The van der Waals surface area contributed by atoms with Crippen LogP contribution >= 0.6 is 0 Å². The molecule has 0 aromatic heterocycles. The summed E-state index contributed by atoms with van der Waals surface area (Å²) in [5.41, 5.74) is 3.17. The van der Waals surface area contributed by atoms with E-state index in [0.29, 0.717) is 38.4 Å². The van der Waals surface area contributed by atoms with Gasteiger partial charge in [0.05, 0.1) is 13.0 Å². The first-order valence-corrected chi connectivity index (χ1v) is 10.6. The first-order chi connectivity index (χ1) is 14.4. The fourth-order valence-electron chi connectivity index (χ4n) is 4.08. The number of methoxy groups -OCH3 is 1. The average Bonchev–Trinajstić information content (AvgIpc) is 2.87. The van der Waals surface area contributed by atoms with Crippen LogP contribution in [0.3, 0.4) is 0 Å². The molecule has 30 heavy (non-hydrogen) atoms. The predicted molar refractivity (Wildman–Crippen MR) is 119 cm³/mol. The summed E-state index contributed by atoms with van der Waals surface area (Å²) in [4.78, 5) is 29.4. The van der Waals surface area contributed by atoms with E-state index in [9.17, 15) is 9.59 Å². The van der Waals surface area contributed by atoms with Gasteiger partial charge in [0.15, 0.2) is 0 Å². The molecule has 0 bridgehead atoms. The maximum Gasteiger partial charge on any atom is 0.227 e. The minimum Gasteiger partial charge on any atom is -0.496 e. The van der Waals surface area contributed by atoms with Crippen molar-refractivity contribution >= 4 is 11.8 Å². The van der Waals surface area contributed by atoms with Crippen LogP contribution in [0, 0.1) is 11.8 Å². The lowest BCUT2D eigenvalue weighted by Crippen LogP contribution is -2.37. The standard InChI is InChI=1S/C25H32N2O3/c1-18(2)15-24(28)27-14-13-26(3)25(29)20(17-27)16-19-9-5-6-10-21(19)22-11-7-8-12-23(22)30-4/h5-12,18,20H,13-17H2,1-4H3/t20-/m0/s1. The average molecular weight is 409 g/mol. The number of amides is 2. The summed E-state index contributed by atoms with van der Waals surface area (Å²) in [5, 5.41) is 0. The smallest absolute Gasteiger partial charge is 0.227 e. The lowest BCUT2D eigenvalue weighted by atomic mass is 9.91. The second-order valence-electron chi connectivity index (χ2n) is 8.46. The van der Waals surface area contributed by atoms with Crippen LogP contribution in [0.5, 0.6) is 5.75 Å². The molecule has 1 aliphatic heterocycles. The normalized spacial score (nSPS) is 17.2. The Kier molecular flexibility index (Phi) is 7.14. The Balaban J connectivity index is 1.90. The minimum atomic E-state index is -0.260. The van der Waals surface area contributed by atoms with E-state index in [-0.39, 0.29) is 17.7 Å². The van der Waals surface area contributed by atoms with E-state index in [1.54, 1.807) is 12.0 Å². The van der Waals surface area contributed by atoms with Gasteiger partial charge in [-0.15, -0.1) is 0 Å². The van der Waals surface area contributed by atoms with Gasteiger partial charge in [-0.3, -0.25) is 9.59 Å². The summed E-state index contributed by atoms with van der Waals surface area (Å²) in [7, 11) is 3.50. The van der Waals surface area contributed by atoms with E-state index in [1.165, 1.54) is 0 Å². The highest BCUT2D eigenvalue weighted by atomic mass is 16.5. The van der Waals surface area contributed by atoms with Gasteiger partial charge in [-0.25, -0.2) is 0 Å². The van der Waals surface area contributed by atoms with Gasteiger partial charge in [0.2, 0.25) is 11.8 Å². The molecule has 5 nitrogen and oxygen atoms in total. The molecule has 0 spiro atoms. The van der Waals surface area contributed by atoms with Crippen LogP contribution < -0.4 is 4.74 Å². The van der Waals surface area contributed by atoms with Crippen molar-refractivity contribution in [2.45, 2.75) is 26.7 Å². The molecule has 1 saturated heterocycles. The van der Waals surface area contributed by atoms with E-state index >= 15 is 0 Å². The third-order valence-electron chi connectivity index (χ3n) is 5.69. The number of likely N-dealkylation sites (N-methyl/N-ethyl adjacent to an activating group) is 1. The number of hydrogen-bond donors (Lipinski definition) is 0. The SMILES string of the molecule is COc1ccccc1-c1ccccc1C[C@H]1CN(C(=O)CC(C)C)CCN(C)C1=O. The monoisotopic (exact) mass is 408 g/mol. The molecule has 2 amide bonds. The van der Waals surface area contributed by atoms with Gasteiger partial charge in [0.25, 0.3) is 0 Å². The van der Waals surface area contributed by atoms with Gasteiger partial charge in [0.1, 0.15) is 5.75 Å². The maximum atomic E-state index is 13.1. The highest BCUT2D eigenvalue weighted by molar-refractivity contribution is 5.83. The fourth-order valence-corrected chi connectivity index (χ4v) is 4.08. The van der Waals surface area contributed by atoms with Crippen molar-refractivity contribution in [3.63, 3.8) is 0 Å². The van der Waals surface area contributed by atoms with Gasteiger partial charge in [-0.2, -0.15) is 0 Å². The molecule has 0 N–H and O–H groups in total. The molecule has 1 aliphatic rings. The predicted octanol–water partition coefficient (Wildman–Crippen LogP) is 3.87. The molecule has 2 aromatic rings. The number of benzene rings is 2. The summed E-state index contributed by atoms with van der Waals surface area (Å²) in [6.45, 7) is 5.74. The number of rotatable bonds is 6. The molecule has 0 saturated carbocycles. The zero-order chi connectivity index (χ0) is 21.7. The first kappa shape index (κ1) is 21.9. The molecule has 0 aliphatic carbocycles. The molecule has 1 atom stereocenters. The summed E-state index contributed by atoms with van der Waals surface area (Å²) >= 11 is 0. The third kappa shape index (κ3) is 5.02. The number of carbonyl (C=O) groups excluding carboxylic acids is 2. The van der Waals surface area contributed by atoms with Gasteiger partial charge in [-0.1, -0.05) is 56.3 Å². The van der Waals surface area contributed by atoms with Crippen LogP contribution in [0.4, 0.5) is 0 Å². The molecule has 0 unspecified atom stereocenters. The van der Waals surface area contributed by atoms with Crippen molar-refractivity contribution in [3.05, 3.63) is 54.1 Å². The van der Waals surface area contributed by atoms with Crippen LogP contribution in [0.25, 0.3) is 11.1 Å². The van der Waals surface area contributed by atoms with E-state index in [0.717, 1.165) is 22.4 Å². The highest BCUT2D eigenvalue weighted by Crippen LogP contribution is 2.33. The topological polar surface area (TPSA) is 49.9 Å². The van der Waals surface area contributed by atoms with Gasteiger partial charge < -0.3 is 14.5 Å². The van der Waals surface area contributed by atoms with Gasteiger partial charge in [-0.05, 0) is 29.5 Å². The Hall–Kier alpha value is -2.82. The molecular weight excluding hydrogens is 376 g/mol. The lowest BCUT2D eigenvalue weighted by molar-refractivity contribution is -0.134. The summed E-state index contributed by atoms with van der Waals surface area (Å²) in [6, 6.07) is 16.1. The summed E-state index contributed by atoms with van der Waals surface area (Å²) in [5.74, 6) is 1.09. The van der Waals surface area contributed by atoms with Crippen molar-refractivity contribution < 1.29 is 14.3 Å². The fraction of sp³-hybridized carbons (Fsp3) is 0.440. The Morgan fingerprint density at radius 2 is 1.73 bits per heavy atom. The molecule has 3 rings (SSSR count). The van der Waals surface area contributed by atoms with Crippen LogP contribution in [-0.2, 0) is 16.0 Å². The third-order valence-corrected chi connectivity index (χ3v) is 5.69. The number of hydrogen-bond acceptors (Lipinski definition) is 3. The van der Waals surface area contributed by atoms with Crippen molar-refractivity contribution in [1.29, 1.82) is 0 Å². The quantitative estimate of drug-likeness (QED) is 0.729. The number of para-hydroxylation sites is 1. The van der Waals surface area contributed by atoms with Crippen molar-refractivity contribution in [3.8, 4) is 16.9 Å². The highest BCUT2D eigenvalue weighted by Gasteiger charge is 2.31. The first-order valence-electron chi connectivity index (χ1n) is 10.6. The summed E-state index contributed by atoms with van der Waals surface area (Å²) in [6.07, 6.45) is 1.10. The Morgan fingerprint density at radius 3 is 2.43 bits per heavy atom. The molecule has 1 heterocycles. The van der Waals surface area contributed by atoms with Crippen molar-refractivity contribution in [1.82, 2.24) is 9.80 Å². The molecule has 160 valence electrons. The van der Waals surface area contributed by atoms with Crippen LogP contribution in [0.1, 0.15) is 25.8 Å². The largest absolute Gasteiger partial charge is 0.496 e. The minimum absolute atomic E-state index is 0.102. The summed E-state index contributed by atoms with van der Waals surface area (Å²) < 4.78 is 5.56. The van der Waals surface area contributed by atoms with Crippen LogP contribution in [-0.4, -0.2) is 55.4 Å². The van der Waals surface area contributed by atoms with Crippen LogP contribution in [0.15, 0.2) is 48.5 Å². The second-order valence-corrected chi connectivity index (χ2v) is 8.46. The van der Waals surface area contributed by atoms with Gasteiger partial charge in [0, 0.05) is 38.7 Å². The zero-order valence-electron chi connectivity index (χ0n) is 18.4. The second kappa shape index (κ2) is 9.79. The van der Waals surface area contributed by atoms with E-state index in [4.69, 9.17) is 4.74 Å². The van der Waals surface area contributed by atoms with Gasteiger partial charge >= 0.3 is 0 Å². The molecule has 1 fully saturated rings. The lowest BCUT2D eigenvalue weighted by Gasteiger charge is -2.25. The number of nitrogens with zero attached hydrogens (tertiary/aromatic N) is 2. The molecular formula is C25H32N2O3. The maximum absolute atomic E-state index is 13.1. The van der Waals surface area contributed by atoms with Crippen molar-refractivity contribution in [2.24, 2.45) is 11.8 Å². The zero-order valence-corrected chi connectivity index (χ0v) is 18.4. The number of carbonyl (C=O) groups is 2. The Labute approximate surface area is 179 Å². The van der Waals surface area contributed by atoms with Crippen molar-refractivity contribution in [2.75, 3.05) is 33.8 Å². The number of ether oxygens (including phenoxy) is 1. The Morgan fingerprint density at radius 1 is 1.07 bits per heavy atom. The molecule has 5 heteroatoms. The molecule has 2 aromatic carbocycles. The molecule has 0 radical (unpaired) electrons. The van der Waals surface area contributed by atoms with E-state index in [2.05, 4.69) is 12.1 Å². The van der Waals surface area contributed by atoms with E-state index in [1.807, 2.05) is 62.2 Å². The van der Waals surface area contributed by atoms with Crippen LogP contribution in [0.2, 0.25) is 0 Å².